The summed E-state index contributed by atoms with van der Waals surface area (Å²) in [6, 6.07) is 4.93. The van der Waals surface area contributed by atoms with Gasteiger partial charge in [-0.2, -0.15) is 0 Å². The molecular weight excluding hydrogens is 257 g/mol. The van der Waals surface area contributed by atoms with Crippen molar-refractivity contribution in [1.29, 1.82) is 0 Å². The molecule has 1 aromatic carbocycles. The van der Waals surface area contributed by atoms with Crippen molar-refractivity contribution in [3.63, 3.8) is 0 Å². The van der Waals surface area contributed by atoms with Crippen LogP contribution in [0.15, 0.2) is 18.2 Å². The highest BCUT2D eigenvalue weighted by Gasteiger charge is 2.31. The van der Waals surface area contributed by atoms with Gasteiger partial charge in [0.25, 0.3) is 0 Å². The largest absolute Gasteiger partial charge is 0.490 e. The Balaban J connectivity index is 2.19. The van der Waals surface area contributed by atoms with Crippen molar-refractivity contribution < 1.29 is 13.9 Å². The van der Waals surface area contributed by atoms with E-state index in [1.54, 1.807) is 19.2 Å². The van der Waals surface area contributed by atoms with Gasteiger partial charge in [-0.3, -0.25) is 0 Å². The molecule has 1 aliphatic rings. The SMILES string of the molecule is CCCNC1CC(C(C)COC)Oc2ccc(F)cc21. The van der Waals surface area contributed by atoms with Gasteiger partial charge in [-0.25, -0.2) is 4.39 Å². The molecule has 0 saturated carbocycles. The monoisotopic (exact) mass is 281 g/mol. The Bertz CT molecular complexity index is 438. The van der Waals surface area contributed by atoms with Gasteiger partial charge in [0.15, 0.2) is 0 Å². The van der Waals surface area contributed by atoms with Crippen LogP contribution in [0.25, 0.3) is 0 Å². The van der Waals surface area contributed by atoms with Gasteiger partial charge in [0.2, 0.25) is 0 Å². The van der Waals surface area contributed by atoms with E-state index in [9.17, 15) is 4.39 Å². The van der Waals surface area contributed by atoms with Crippen molar-refractivity contribution in [3.8, 4) is 5.75 Å². The Morgan fingerprint density at radius 1 is 1.50 bits per heavy atom. The summed E-state index contributed by atoms with van der Waals surface area (Å²) >= 11 is 0. The maximum Gasteiger partial charge on any atom is 0.124 e. The molecular formula is C16H24FNO2. The van der Waals surface area contributed by atoms with E-state index in [4.69, 9.17) is 9.47 Å². The molecule has 3 atom stereocenters. The van der Waals surface area contributed by atoms with Crippen LogP contribution in [0.2, 0.25) is 0 Å². The number of fused-ring (bicyclic) bond motifs is 1. The summed E-state index contributed by atoms with van der Waals surface area (Å²) in [5.74, 6) is 0.891. The molecule has 20 heavy (non-hydrogen) atoms. The van der Waals surface area contributed by atoms with Crippen LogP contribution in [0.4, 0.5) is 4.39 Å². The highest BCUT2D eigenvalue weighted by Crippen LogP contribution is 2.37. The maximum atomic E-state index is 13.5. The van der Waals surface area contributed by atoms with E-state index in [2.05, 4.69) is 19.2 Å². The van der Waals surface area contributed by atoms with Gasteiger partial charge in [-0.1, -0.05) is 13.8 Å². The van der Waals surface area contributed by atoms with E-state index < -0.39 is 0 Å². The number of halogens is 1. The van der Waals surface area contributed by atoms with Gasteiger partial charge >= 0.3 is 0 Å². The first-order chi connectivity index (χ1) is 9.65. The third kappa shape index (κ3) is 3.49. The van der Waals surface area contributed by atoms with E-state index in [1.165, 1.54) is 6.07 Å². The predicted octanol–water partition coefficient (Wildman–Crippen LogP) is 3.30. The molecule has 3 unspecified atom stereocenters. The van der Waals surface area contributed by atoms with Gasteiger partial charge in [0.05, 0.1) is 6.61 Å². The fraction of sp³-hybridized carbons (Fsp3) is 0.625. The quantitative estimate of drug-likeness (QED) is 0.868. The fourth-order valence-corrected chi connectivity index (χ4v) is 2.70. The molecule has 2 rings (SSSR count). The molecule has 3 nitrogen and oxygen atoms in total. The zero-order chi connectivity index (χ0) is 14.5. The predicted molar refractivity (Wildman–Crippen MR) is 77.5 cm³/mol. The second-order valence-electron chi connectivity index (χ2n) is 5.51. The van der Waals surface area contributed by atoms with Crippen molar-refractivity contribution in [2.45, 2.75) is 38.8 Å². The van der Waals surface area contributed by atoms with E-state index >= 15 is 0 Å². The average molecular weight is 281 g/mol. The number of nitrogens with one attached hydrogen (secondary N) is 1. The molecule has 112 valence electrons. The Morgan fingerprint density at radius 3 is 3.00 bits per heavy atom. The zero-order valence-electron chi connectivity index (χ0n) is 12.5. The van der Waals surface area contributed by atoms with Crippen LogP contribution in [-0.2, 0) is 4.74 Å². The Morgan fingerprint density at radius 2 is 2.30 bits per heavy atom. The van der Waals surface area contributed by atoms with Crippen molar-refractivity contribution in [2.24, 2.45) is 5.92 Å². The summed E-state index contributed by atoms with van der Waals surface area (Å²) in [5.41, 5.74) is 0.930. The fourth-order valence-electron chi connectivity index (χ4n) is 2.70. The molecule has 1 aliphatic heterocycles. The van der Waals surface area contributed by atoms with Gasteiger partial charge < -0.3 is 14.8 Å². The molecule has 0 bridgehead atoms. The number of hydrogen-bond donors (Lipinski definition) is 1. The molecule has 4 heteroatoms. The molecule has 0 aromatic heterocycles. The van der Waals surface area contributed by atoms with Gasteiger partial charge in [-0.15, -0.1) is 0 Å². The van der Waals surface area contributed by atoms with E-state index in [1.807, 2.05) is 0 Å². The zero-order valence-corrected chi connectivity index (χ0v) is 12.5. The lowest BCUT2D eigenvalue weighted by atomic mass is 9.90. The average Bonchev–Trinajstić information content (AvgIpc) is 2.45. The minimum atomic E-state index is -0.209. The number of ether oxygens (including phenoxy) is 2. The number of rotatable bonds is 6. The summed E-state index contributed by atoms with van der Waals surface area (Å²) in [4.78, 5) is 0. The van der Waals surface area contributed by atoms with Gasteiger partial charge in [0, 0.05) is 31.1 Å². The Hall–Kier alpha value is -1.13. The van der Waals surface area contributed by atoms with Crippen molar-refractivity contribution in [2.75, 3.05) is 20.3 Å². The minimum absolute atomic E-state index is 0.0993. The third-order valence-electron chi connectivity index (χ3n) is 3.80. The Labute approximate surface area is 120 Å². The highest BCUT2D eigenvalue weighted by atomic mass is 19.1. The molecule has 1 heterocycles. The van der Waals surface area contributed by atoms with Crippen LogP contribution in [0.5, 0.6) is 5.75 Å². The van der Waals surface area contributed by atoms with Crippen molar-refractivity contribution >= 4 is 0 Å². The lowest BCUT2D eigenvalue weighted by Crippen LogP contribution is -2.38. The van der Waals surface area contributed by atoms with Crippen molar-refractivity contribution in [3.05, 3.63) is 29.6 Å². The summed E-state index contributed by atoms with van der Waals surface area (Å²) in [6.07, 6.45) is 2.00. The topological polar surface area (TPSA) is 30.5 Å². The summed E-state index contributed by atoms with van der Waals surface area (Å²) in [6.45, 7) is 5.84. The van der Waals surface area contributed by atoms with Crippen molar-refractivity contribution in [1.82, 2.24) is 5.32 Å². The summed E-state index contributed by atoms with van der Waals surface area (Å²) in [5, 5.41) is 3.49. The maximum absolute atomic E-state index is 13.5. The van der Waals surface area contributed by atoms with Crippen LogP contribution < -0.4 is 10.1 Å². The molecule has 0 saturated heterocycles. The van der Waals surface area contributed by atoms with Crippen LogP contribution in [0.1, 0.15) is 38.3 Å². The minimum Gasteiger partial charge on any atom is -0.490 e. The number of hydrogen-bond acceptors (Lipinski definition) is 3. The molecule has 1 aromatic rings. The summed E-state index contributed by atoms with van der Waals surface area (Å²) < 4.78 is 24.7. The lowest BCUT2D eigenvalue weighted by Gasteiger charge is -2.35. The van der Waals surface area contributed by atoms with Gasteiger partial charge in [-0.05, 0) is 31.2 Å². The first-order valence-corrected chi connectivity index (χ1v) is 7.34. The van der Waals surface area contributed by atoms with Crippen LogP contribution in [0.3, 0.4) is 0 Å². The van der Waals surface area contributed by atoms with Crippen LogP contribution in [-0.4, -0.2) is 26.4 Å². The molecule has 0 amide bonds. The first kappa shape index (κ1) is 15.3. The second kappa shape index (κ2) is 7.04. The van der Waals surface area contributed by atoms with E-state index in [0.717, 1.165) is 30.7 Å². The molecule has 0 fully saturated rings. The third-order valence-corrected chi connectivity index (χ3v) is 3.80. The van der Waals surface area contributed by atoms with Crippen LogP contribution in [0, 0.1) is 11.7 Å². The number of benzene rings is 1. The second-order valence-corrected chi connectivity index (χ2v) is 5.51. The first-order valence-electron chi connectivity index (χ1n) is 7.34. The molecule has 0 aliphatic carbocycles. The molecule has 1 N–H and O–H groups in total. The standard InChI is InChI=1S/C16H24FNO2/c1-4-7-18-14-9-16(11(2)10-19-3)20-15-6-5-12(17)8-13(14)15/h5-6,8,11,14,16,18H,4,7,9-10H2,1-3H3. The summed E-state index contributed by atoms with van der Waals surface area (Å²) in [7, 11) is 1.70. The van der Waals surface area contributed by atoms with E-state index in [-0.39, 0.29) is 18.0 Å². The normalized spacial score (nSPS) is 23.0. The highest BCUT2D eigenvalue weighted by molar-refractivity contribution is 5.38. The van der Waals surface area contributed by atoms with Crippen LogP contribution >= 0.6 is 0 Å². The lowest BCUT2D eigenvalue weighted by molar-refractivity contribution is 0.0499. The molecule has 0 spiro atoms. The molecule has 0 radical (unpaired) electrons. The Kier molecular flexibility index (Phi) is 5.38. The number of methoxy groups -OCH3 is 1. The van der Waals surface area contributed by atoms with Gasteiger partial charge in [0.1, 0.15) is 17.7 Å². The smallest absolute Gasteiger partial charge is 0.124 e. The van der Waals surface area contributed by atoms with E-state index in [0.29, 0.717) is 12.5 Å².